The van der Waals surface area contributed by atoms with Crippen LogP contribution in [0.5, 0.6) is 0 Å². The molecule has 0 amide bonds. The first-order valence-electron chi connectivity index (χ1n) is 6.54. The van der Waals surface area contributed by atoms with E-state index in [1.807, 2.05) is 38.1 Å². The van der Waals surface area contributed by atoms with Crippen molar-refractivity contribution >= 4 is 0 Å². The second-order valence-corrected chi connectivity index (χ2v) is 4.65. The van der Waals surface area contributed by atoms with Crippen LogP contribution in [0, 0.1) is 6.92 Å². The zero-order valence-corrected chi connectivity index (χ0v) is 11.4. The van der Waals surface area contributed by atoms with Crippen molar-refractivity contribution in [2.75, 3.05) is 0 Å². The first-order valence-corrected chi connectivity index (χ1v) is 6.54. The predicted octanol–water partition coefficient (Wildman–Crippen LogP) is 2.09. The number of rotatable bonds is 4. The van der Waals surface area contributed by atoms with Crippen LogP contribution < -0.4 is 11.3 Å². The Hall–Kier alpha value is -1.94. The Bertz CT molecular complexity index is 614. The molecule has 1 aromatic carbocycles. The SMILES string of the molecule is CCCn1nc(-c2ccc(C)cc2)cc(CN)c1=O. The van der Waals surface area contributed by atoms with Crippen molar-refractivity contribution in [1.29, 1.82) is 0 Å². The average molecular weight is 257 g/mol. The van der Waals surface area contributed by atoms with E-state index in [1.54, 1.807) is 6.07 Å². The van der Waals surface area contributed by atoms with Gasteiger partial charge in [-0.1, -0.05) is 36.8 Å². The number of aromatic nitrogens is 2. The minimum Gasteiger partial charge on any atom is -0.326 e. The van der Waals surface area contributed by atoms with Crippen LogP contribution in [0.4, 0.5) is 0 Å². The number of aryl methyl sites for hydroxylation is 2. The largest absolute Gasteiger partial charge is 0.326 e. The van der Waals surface area contributed by atoms with Crippen LogP contribution in [0.2, 0.25) is 0 Å². The maximum Gasteiger partial charge on any atom is 0.271 e. The molecule has 0 fully saturated rings. The van der Waals surface area contributed by atoms with E-state index in [1.165, 1.54) is 10.2 Å². The zero-order valence-electron chi connectivity index (χ0n) is 11.4. The summed E-state index contributed by atoms with van der Waals surface area (Å²) in [5.74, 6) is 0. The van der Waals surface area contributed by atoms with Gasteiger partial charge in [-0.15, -0.1) is 0 Å². The molecule has 2 rings (SSSR count). The number of nitrogens with two attached hydrogens (primary N) is 1. The van der Waals surface area contributed by atoms with Gasteiger partial charge in [-0.25, -0.2) is 4.68 Å². The van der Waals surface area contributed by atoms with Gasteiger partial charge >= 0.3 is 0 Å². The van der Waals surface area contributed by atoms with Crippen LogP contribution in [0.15, 0.2) is 35.1 Å². The highest BCUT2D eigenvalue weighted by atomic mass is 16.1. The normalized spacial score (nSPS) is 10.7. The molecule has 0 saturated carbocycles. The molecule has 1 heterocycles. The molecule has 0 spiro atoms. The fourth-order valence-corrected chi connectivity index (χ4v) is 1.97. The topological polar surface area (TPSA) is 60.9 Å². The van der Waals surface area contributed by atoms with E-state index in [4.69, 9.17) is 5.73 Å². The van der Waals surface area contributed by atoms with E-state index >= 15 is 0 Å². The Kier molecular flexibility index (Phi) is 4.12. The third-order valence-corrected chi connectivity index (χ3v) is 3.05. The Morgan fingerprint density at radius 3 is 2.53 bits per heavy atom. The lowest BCUT2D eigenvalue weighted by atomic mass is 10.1. The summed E-state index contributed by atoms with van der Waals surface area (Å²) >= 11 is 0. The lowest BCUT2D eigenvalue weighted by Crippen LogP contribution is -2.28. The molecular weight excluding hydrogens is 238 g/mol. The molecule has 4 heteroatoms. The lowest BCUT2D eigenvalue weighted by Gasteiger charge is -2.09. The van der Waals surface area contributed by atoms with Gasteiger partial charge in [-0.2, -0.15) is 5.10 Å². The van der Waals surface area contributed by atoms with Gasteiger partial charge in [0.1, 0.15) is 0 Å². The maximum absolute atomic E-state index is 12.0. The highest BCUT2D eigenvalue weighted by molar-refractivity contribution is 5.59. The predicted molar refractivity (Wildman–Crippen MR) is 76.9 cm³/mol. The summed E-state index contributed by atoms with van der Waals surface area (Å²) in [7, 11) is 0. The van der Waals surface area contributed by atoms with Gasteiger partial charge in [0, 0.05) is 24.2 Å². The van der Waals surface area contributed by atoms with Gasteiger partial charge in [-0.3, -0.25) is 4.79 Å². The molecule has 4 nitrogen and oxygen atoms in total. The van der Waals surface area contributed by atoms with Gasteiger partial charge in [0.25, 0.3) is 5.56 Å². The Morgan fingerprint density at radius 1 is 1.26 bits per heavy atom. The highest BCUT2D eigenvalue weighted by Crippen LogP contribution is 2.17. The van der Waals surface area contributed by atoms with Crippen molar-refractivity contribution in [3.05, 3.63) is 51.8 Å². The van der Waals surface area contributed by atoms with Crippen LogP contribution in [0.3, 0.4) is 0 Å². The Balaban J connectivity index is 2.54. The van der Waals surface area contributed by atoms with Gasteiger partial charge in [0.15, 0.2) is 0 Å². The van der Waals surface area contributed by atoms with E-state index in [9.17, 15) is 4.79 Å². The van der Waals surface area contributed by atoms with E-state index in [0.29, 0.717) is 12.1 Å². The molecule has 0 radical (unpaired) electrons. The third-order valence-electron chi connectivity index (χ3n) is 3.05. The monoisotopic (exact) mass is 257 g/mol. The average Bonchev–Trinajstić information content (AvgIpc) is 2.42. The minimum atomic E-state index is -0.0831. The third kappa shape index (κ3) is 2.90. The number of benzene rings is 1. The molecule has 0 bridgehead atoms. The first kappa shape index (κ1) is 13.5. The van der Waals surface area contributed by atoms with Crippen molar-refractivity contribution < 1.29 is 0 Å². The zero-order chi connectivity index (χ0) is 13.8. The van der Waals surface area contributed by atoms with Gasteiger partial charge in [-0.05, 0) is 19.4 Å². The molecular formula is C15H19N3O. The fraction of sp³-hybridized carbons (Fsp3) is 0.333. The quantitative estimate of drug-likeness (QED) is 0.912. The molecule has 100 valence electrons. The van der Waals surface area contributed by atoms with Gasteiger partial charge in [0.2, 0.25) is 0 Å². The molecule has 2 N–H and O–H groups in total. The summed E-state index contributed by atoms with van der Waals surface area (Å²) in [5, 5.41) is 4.42. The number of hydrogen-bond acceptors (Lipinski definition) is 3. The van der Waals surface area contributed by atoms with Crippen molar-refractivity contribution in [3.8, 4) is 11.3 Å². The maximum atomic E-state index is 12.0. The summed E-state index contributed by atoms with van der Waals surface area (Å²) in [6.07, 6.45) is 0.869. The van der Waals surface area contributed by atoms with Crippen LogP contribution in [-0.2, 0) is 13.1 Å². The summed E-state index contributed by atoms with van der Waals surface area (Å²) in [5.41, 5.74) is 9.18. The summed E-state index contributed by atoms with van der Waals surface area (Å²) < 4.78 is 1.51. The van der Waals surface area contributed by atoms with E-state index in [2.05, 4.69) is 5.10 Å². The van der Waals surface area contributed by atoms with E-state index < -0.39 is 0 Å². The Labute approximate surface area is 112 Å². The molecule has 0 aliphatic heterocycles. The summed E-state index contributed by atoms with van der Waals surface area (Å²) in [6, 6.07) is 9.89. The van der Waals surface area contributed by atoms with Crippen LogP contribution in [-0.4, -0.2) is 9.78 Å². The van der Waals surface area contributed by atoms with Crippen molar-refractivity contribution in [1.82, 2.24) is 9.78 Å². The molecule has 0 aliphatic carbocycles. The standard InChI is InChI=1S/C15H19N3O/c1-3-8-18-15(19)13(10-16)9-14(17-18)12-6-4-11(2)5-7-12/h4-7,9H,3,8,10,16H2,1-2H3. The van der Waals surface area contributed by atoms with Gasteiger partial charge in [0.05, 0.1) is 5.69 Å². The van der Waals surface area contributed by atoms with E-state index in [-0.39, 0.29) is 12.1 Å². The van der Waals surface area contributed by atoms with Crippen molar-refractivity contribution in [3.63, 3.8) is 0 Å². The van der Waals surface area contributed by atoms with E-state index in [0.717, 1.165) is 17.7 Å². The van der Waals surface area contributed by atoms with Gasteiger partial charge < -0.3 is 5.73 Å². The number of nitrogens with zero attached hydrogens (tertiary/aromatic N) is 2. The van der Waals surface area contributed by atoms with Crippen molar-refractivity contribution in [2.45, 2.75) is 33.4 Å². The Morgan fingerprint density at radius 2 is 1.95 bits per heavy atom. The molecule has 0 unspecified atom stereocenters. The van der Waals surface area contributed by atoms with Crippen LogP contribution in [0.1, 0.15) is 24.5 Å². The number of hydrogen-bond donors (Lipinski definition) is 1. The smallest absolute Gasteiger partial charge is 0.271 e. The summed E-state index contributed by atoms with van der Waals surface area (Å²) in [4.78, 5) is 12.0. The fourth-order valence-electron chi connectivity index (χ4n) is 1.97. The molecule has 0 saturated heterocycles. The summed E-state index contributed by atoms with van der Waals surface area (Å²) in [6.45, 7) is 4.92. The minimum absolute atomic E-state index is 0.0831. The highest BCUT2D eigenvalue weighted by Gasteiger charge is 2.08. The van der Waals surface area contributed by atoms with Crippen LogP contribution >= 0.6 is 0 Å². The molecule has 19 heavy (non-hydrogen) atoms. The molecule has 0 atom stereocenters. The molecule has 2 aromatic rings. The first-order chi connectivity index (χ1) is 9.15. The molecule has 0 aliphatic rings. The second kappa shape index (κ2) is 5.80. The second-order valence-electron chi connectivity index (χ2n) is 4.65. The lowest BCUT2D eigenvalue weighted by molar-refractivity contribution is 0.564. The van der Waals surface area contributed by atoms with Crippen molar-refractivity contribution in [2.24, 2.45) is 5.73 Å². The molecule has 1 aromatic heterocycles. The van der Waals surface area contributed by atoms with Crippen LogP contribution in [0.25, 0.3) is 11.3 Å².